The van der Waals surface area contributed by atoms with Crippen molar-refractivity contribution in [3.8, 4) is 0 Å². The van der Waals surface area contributed by atoms with E-state index in [-0.39, 0.29) is 5.91 Å². The largest absolute Gasteiger partial charge is 0.384 e. The topological polar surface area (TPSA) is 40.5 Å². The van der Waals surface area contributed by atoms with E-state index < -0.39 is 6.10 Å². The van der Waals surface area contributed by atoms with Crippen LogP contribution < -0.4 is 0 Å². The van der Waals surface area contributed by atoms with Crippen molar-refractivity contribution in [2.24, 2.45) is 11.3 Å². The molecule has 1 saturated heterocycles. The molecule has 0 spiro atoms. The molecule has 0 radical (unpaired) electrons. The number of nitrogens with zero attached hydrogens (tertiary/aromatic N) is 1. The van der Waals surface area contributed by atoms with Crippen LogP contribution in [0.15, 0.2) is 0 Å². The third-order valence-corrected chi connectivity index (χ3v) is 3.39. The molecule has 1 N–H and O–H groups in total. The molecule has 1 aliphatic rings. The molecular weight excluding hydrogens is 190 g/mol. The van der Waals surface area contributed by atoms with Crippen LogP contribution in [0, 0.1) is 11.3 Å². The molecule has 1 rings (SSSR count). The lowest BCUT2D eigenvalue weighted by atomic mass is 9.75. The van der Waals surface area contributed by atoms with Gasteiger partial charge in [-0.1, -0.05) is 20.8 Å². The number of amides is 1. The van der Waals surface area contributed by atoms with E-state index in [4.69, 9.17) is 0 Å². The first kappa shape index (κ1) is 12.5. The zero-order valence-corrected chi connectivity index (χ0v) is 10.3. The molecule has 0 bridgehead atoms. The minimum Gasteiger partial charge on any atom is -0.384 e. The number of carbonyl (C=O) groups is 1. The van der Waals surface area contributed by atoms with Crippen molar-refractivity contribution in [3.63, 3.8) is 0 Å². The fraction of sp³-hybridized carbons (Fsp3) is 0.917. The van der Waals surface area contributed by atoms with Gasteiger partial charge in [-0.2, -0.15) is 0 Å². The molecule has 3 nitrogen and oxygen atoms in total. The fourth-order valence-corrected chi connectivity index (χ4v) is 2.23. The average molecular weight is 213 g/mol. The van der Waals surface area contributed by atoms with Crippen LogP contribution in [-0.4, -0.2) is 35.1 Å². The summed E-state index contributed by atoms with van der Waals surface area (Å²) in [6, 6.07) is 0. The summed E-state index contributed by atoms with van der Waals surface area (Å²) < 4.78 is 0. The number of likely N-dealkylation sites (tertiary alicyclic amines) is 1. The van der Waals surface area contributed by atoms with Gasteiger partial charge in [0.1, 0.15) is 6.10 Å². The monoisotopic (exact) mass is 213 g/mol. The van der Waals surface area contributed by atoms with Crippen molar-refractivity contribution >= 4 is 5.91 Å². The molecule has 0 saturated carbocycles. The predicted molar refractivity (Wildman–Crippen MR) is 60.4 cm³/mol. The summed E-state index contributed by atoms with van der Waals surface area (Å²) in [7, 11) is 0. The van der Waals surface area contributed by atoms with Gasteiger partial charge in [-0.3, -0.25) is 4.79 Å². The van der Waals surface area contributed by atoms with Crippen LogP contribution in [0.2, 0.25) is 0 Å². The molecule has 1 amide bonds. The average Bonchev–Trinajstić information content (AvgIpc) is 2.15. The highest BCUT2D eigenvalue weighted by atomic mass is 16.3. The first-order chi connectivity index (χ1) is 6.82. The van der Waals surface area contributed by atoms with E-state index in [1.54, 1.807) is 4.90 Å². The molecule has 1 fully saturated rings. The molecule has 1 atom stereocenters. The number of rotatable bonds is 1. The van der Waals surface area contributed by atoms with E-state index >= 15 is 0 Å². The first-order valence-corrected chi connectivity index (χ1v) is 5.79. The summed E-state index contributed by atoms with van der Waals surface area (Å²) in [6.07, 6.45) is 1.26. The number of piperidine rings is 1. The van der Waals surface area contributed by atoms with Gasteiger partial charge in [0.05, 0.1) is 0 Å². The Balaban J connectivity index is 2.46. The van der Waals surface area contributed by atoms with Gasteiger partial charge >= 0.3 is 0 Å². The van der Waals surface area contributed by atoms with Gasteiger partial charge in [-0.25, -0.2) is 0 Å². The smallest absolute Gasteiger partial charge is 0.251 e. The van der Waals surface area contributed by atoms with Crippen molar-refractivity contribution in [2.45, 2.75) is 46.6 Å². The molecule has 88 valence electrons. The summed E-state index contributed by atoms with van der Waals surface area (Å²) >= 11 is 0. The van der Waals surface area contributed by atoms with Crippen molar-refractivity contribution in [1.29, 1.82) is 0 Å². The molecule has 15 heavy (non-hydrogen) atoms. The van der Waals surface area contributed by atoms with Gasteiger partial charge in [0.2, 0.25) is 0 Å². The van der Waals surface area contributed by atoms with E-state index in [0.717, 1.165) is 25.9 Å². The standard InChI is InChI=1S/C12H23NO2/c1-9(14)11(15)13-7-5-10(6-8-13)12(2,3)4/h9-10,14H,5-8H2,1-4H3. The zero-order chi connectivity index (χ0) is 11.6. The molecule has 1 aliphatic heterocycles. The molecule has 0 aromatic heterocycles. The molecule has 3 heteroatoms. The minimum atomic E-state index is -0.851. The van der Waals surface area contributed by atoms with Gasteiger partial charge in [0.15, 0.2) is 0 Å². The van der Waals surface area contributed by atoms with E-state index in [1.807, 2.05) is 0 Å². The first-order valence-electron chi connectivity index (χ1n) is 5.79. The summed E-state index contributed by atoms with van der Waals surface area (Å²) in [5.74, 6) is 0.568. The van der Waals surface area contributed by atoms with Crippen LogP contribution in [0.1, 0.15) is 40.5 Å². The number of hydrogen-bond donors (Lipinski definition) is 1. The summed E-state index contributed by atoms with van der Waals surface area (Å²) in [4.78, 5) is 13.3. The quantitative estimate of drug-likeness (QED) is 0.719. The Kier molecular flexibility index (Phi) is 3.77. The van der Waals surface area contributed by atoms with Crippen LogP contribution in [0.3, 0.4) is 0 Å². The predicted octanol–water partition coefficient (Wildman–Crippen LogP) is 1.65. The minimum absolute atomic E-state index is 0.123. The number of hydrogen-bond acceptors (Lipinski definition) is 2. The molecule has 0 aromatic rings. The van der Waals surface area contributed by atoms with Crippen LogP contribution in [-0.2, 0) is 4.79 Å². The molecule has 1 heterocycles. The Bertz CT molecular complexity index is 222. The number of aliphatic hydroxyl groups is 1. The van der Waals surface area contributed by atoms with Gasteiger partial charge in [0.25, 0.3) is 5.91 Å². The lowest BCUT2D eigenvalue weighted by Crippen LogP contribution is -2.44. The molecule has 0 aliphatic carbocycles. The highest BCUT2D eigenvalue weighted by Gasteiger charge is 2.31. The van der Waals surface area contributed by atoms with Crippen LogP contribution in [0.5, 0.6) is 0 Å². The Morgan fingerprint density at radius 3 is 2.13 bits per heavy atom. The zero-order valence-electron chi connectivity index (χ0n) is 10.3. The van der Waals surface area contributed by atoms with Crippen molar-refractivity contribution < 1.29 is 9.90 Å². The molecule has 0 aromatic carbocycles. The second-order valence-corrected chi connectivity index (χ2v) is 5.64. The van der Waals surface area contributed by atoms with Gasteiger partial charge in [-0.05, 0) is 31.1 Å². The highest BCUT2D eigenvalue weighted by Crippen LogP contribution is 2.34. The van der Waals surface area contributed by atoms with E-state index in [2.05, 4.69) is 20.8 Å². The Morgan fingerprint density at radius 1 is 1.33 bits per heavy atom. The maximum absolute atomic E-state index is 11.5. The van der Waals surface area contributed by atoms with E-state index in [9.17, 15) is 9.90 Å². The third-order valence-electron chi connectivity index (χ3n) is 3.39. The van der Waals surface area contributed by atoms with Crippen LogP contribution in [0.4, 0.5) is 0 Å². The normalized spacial score (nSPS) is 21.5. The SMILES string of the molecule is CC(O)C(=O)N1CCC(C(C)(C)C)CC1. The molecule has 1 unspecified atom stereocenters. The third kappa shape index (κ3) is 3.20. The van der Waals surface area contributed by atoms with Crippen LogP contribution in [0.25, 0.3) is 0 Å². The summed E-state index contributed by atoms with van der Waals surface area (Å²) in [5, 5.41) is 9.21. The Labute approximate surface area is 92.5 Å². The van der Waals surface area contributed by atoms with E-state index in [1.165, 1.54) is 6.92 Å². The van der Waals surface area contributed by atoms with Gasteiger partial charge in [0, 0.05) is 13.1 Å². The number of carbonyl (C=O) groups excluding carboxylic acids is 1. The van der Waals surface area contributed by atoms with Gasteiger partial charge in [-0.15, -0.1) is 0 Å². The second kappa shape index (κ2) is 4.52. The van der Waals surface area contributed by atoms with Crippen molar-refractivity contribution in [3.05, 3.63) is 0 Å². The fourth-order valence-electron chi connectivity index (χ4n) is 2.23. The second-order valence-electron chi connectivity index (χ2n) is 5.64. The van der Waals surface area contributed by atoms with E-state index in [0.29, 0.717) is 11.3 Å². The van der Waals surface area contributed by atoms with Gasteiger partial charge < -0.3 is 10.0 Å². The lowest BCUT2D eigenvalue weighted by molar-refractivity contribution is -0.141. The highest BCUT2D eigenvalue weighted by molar-refractivity contribution is 5.80. The van der Waals surface area contributed by atoms with Crippen molar-refractivity contribution in [2.75, 3.05) is 13.1 Å². The Morgan fingerprint density at radius 2 is 1.80 bits per heavy atom. The Hall–Kier alpha value is -0.570. The summed E-state index contributed by atoms with van der Waals surface area (Å²) in [5.41, 5.74) is 0.333. The lowest BCUT2D eigenvalue weighted by Gasteiger charge is -2.39. The maximum Gasteiger partial charge on any atom is 0.251 e. The van der Waals surface area contributed by atoms with Crippen LogP contribution >= 0.6 is 0 Å². The summed E-state index contributed by atoms with van der Waals surface area (Å²) in [6.45, 7) is 9.90. The number of aliphatic hydroxyl groups excluding tert-OH is 1. The maximum atomic E-state index is 11.5. The molecular formula is C12H23NO2. The van der Waals surface area contributed by atoms with Crippen molar-refractivity contribution in [1.82, 2.24) is 4.90 Å².